The minimum atomic E-state index is -0.174. The van der Waals surface area contributed by atoms with Crippen LogP contribution in [0.25, 0.3) is 0 Å². The fourth-order valence-electron chi connectivity index (χ4n) is 3.54. The van der Waals surface area contributed by atoms with E-state index in [4.69, 9.17) is 9.47 Å². The molecular formula is C21H26O2. The zero-order valence-corrected chi connectivity index (χ0v) is 14.6. The number of methoxy groups -OCH3 is 1. The molecule has 0 saturated carbocycles. The Kier molecular flexibility index (Phi) is 4.45. The van der Waals surface area contributed by atoms with Crippen molar-refractivity contribution in [2.45, 2.75) is 51.7 Å². The number of fused-ring (bicyclic) bond motifs is 1. The lowest BCUT2D eigenvalue weighted by atomic mass is 9.69. The van der Waals surface area contributed by atoms with Crippen LogP contribution in [-0.2, 0) is 23.4 Å². The van der Waals surface area contributed by atoms with Crippen LogP contribution in [0.2, 0.25) is 0 Å². The van der Waals surface area contributed by atoms with Crippen molar-refractivity contribution in [3.05, 3.63) is 64.7 Å². The van der Waals surface area contributed by atoms with Gasteiger partial charge in [0, 0.05) is 19.1 Å². The van der Waals surface area contributed by atoms with Crippen LogP contribution in [0.3, 0.4) is 0 Å². The summed E-state index contributed by atoms with van der Waals surface area (Å²) in [6.07, 6.45) is 1.95. The zero-order valence-electron chi connectivity index (χ0n) is 14.6. The van der Waals surface area contributed by atoms with E-state index in [0.29, 0.717) is 12.5 Å². The summed E-state index contributed by atoms with van der Waals surface area (Å²) in [6.45, 7) is 7.22. The Labute approximate surface area is 139 Å². The van der Waals surface area contributed by atoms with Crippen molar-refractivity contribution in [2.24, 2.45) is 0 Å². The van der Waals surface area contributed by atoms with Gasteiger partial charge in [0.25, 0.3) is 0 Å². The molecule has 3 rings (SSSR count). The highest BCUT2D eigenvalue weighted by atomic mass is 16.5. The molecular weight excluding hydrogens is 284 g/mol. The van der Waals surface area contributed by atoms with Crippen molar-refractivity contribution < 1.29 is 9.47 Å². The minimum absolute atomic E-state index is 0.174. The fraction of sp³-hybridized carbons (Fsp3) is 0.429. The van der Waals surface area contributed by atoms with Crippen LogP contribution < -0.4 is 4.74 Å². The highest BCUT2D eigenvalue weighted by Gasteiger charge is 2.45. The molecule has 1 aliphatic rings. The van der Waals surface area contributed by atoms with E-state index >= 15 is 0 Å². The van der Waals surface area contributed by atoms with Crippen molar-refractivity contribution >= 4 is 0 Å². The molecule has 2 heteroatoms. The maximum absolute atomic E-state index is 6.33. The Morgan fingerprint density at radius 3 is 2.43 bits per heavy atom. The second-order valence-electron chi connectivity index (χ2n) is 6.68. The van der Waals surface area contributed by atoms with Gasteiger partial charge in [-0.1, -0.05) is 63.2 Å². The van der Waals surface area contributed by atoms with Gasteiger partial charge in [0.1, 0.15) is 18.0 Å². The molecule has 0 N–H and O–H groups in total. The van der Waals surface area contributed by atoms with Gasteiger partial charge < -0.3 is 9.47 Å². The fourth-order valence-corrected chi connectivity index (χ4v) is 3.54. The average Bonchev–Trinajstić information content (AvgIpc) is 2.55. The maximum atomic E-state index is 6.33. The average molecular weight is 310 g/mol. The number of rotatable bonds is 6. The highest BCUT2D eigenvalue weighted by Crippen LogP contribution is 2.51. The molecule has 2 aromatic rings. The number of hydrogen-bond donors (Lipinski definition) is 0. The first-order chi connectivity index (χ1) is 11.1. The summed E-state index contributed by atoms with van der Waals surface area (Å²) in [7, 11) is 1.81. The summed E-state index contributed by atoms with van der Waals surface area (Å²) in [5.74, 6) is 1.47. The van der Waals surface area contributed by atoms with E-state index in [1.165, 1.54) is 22.3 Å². The highest BCUT2D eigenvalue weighted by molar-refractivity contribution is 5.57. The van der Waals surface area contributed by atoms with Crippen molar-refractivity contribution in [1.82, 2.24) is 0 Å². The number of benzene rings is 2. The predicted octanol–water partition coefficient (Wildman–Crippen LogP) is 5.20. The van der Waals surface area contributed by atoms with E-state index in [0.717, 1.165) is 18.6 Å². The van der Waals surface area contributed by atoms with Gasteiger partial charge in [0.05, 0.1) is 0 Å². The summed E-state index contributed by atoms with van der Waals surface area (Å²) >= 11 is 0. The molecule has 1 atom stereocenters. The van der Waals surface area contributed by atoms with Crippen LogP contribution in [0, 0.1) is 0 Å². The van der Waals surface area contributed by atoms with Crippen LogP contribution >= 0.6 is 0 Å². The molecule has 0 aliphatic heterocycles. The van der Waals surface area contributed by atoms with Crippen LogP contribution in [-0.4, -0.2) is 7.11 Å². The molecule has 0 radical (unpaired) electrons. The third-order valence-corrected chi connectivity index (χ3v) is 5.02. The second-order valence-corrected chi connectivity index (χ2v) is 6.68. The molecule has 0 saturated heterocycles. The molecule has 0 amide bonds. The number of hydrogen-bond acceptors (Lipinski definition) is 2. The van der Waals surface area contributed by atoms with E-state index in [1.54, 1.807) is 0 Å². The largest absolute Gasteiger partial charge is 0.488 e. The van der Waals surface area contributed by atoms with Gasteiger partial charge in [-0.3, -0.25) is 0 Å². The molecule has 23 heavy (non-hydrogen) atoms. The lowest BCUT2D eigenvalue weighted by Gasteiger charge is -2.44. The van der Waals surface area contributed by atoms with Crippen molar-refractivity contribution in [3.8, 4) is 5.75 Å². The molecule has 0 bridgehead atoms. The molecule has 0 fully saturated rings. The molecule has 0 heterocycles. The van der Waals surface area contributed by atoms with Gasteiger partial charge in [-0.15, -0.1) is 0 Å². The Morgan fingerprint density at radius 1 is 1.09 bits per heavy atom. The molecule has 0 aromatic heterocycles. The first kappa shape index (κ1) is 16.1. The van der Waals surface area contributed by atoms with Gasteiger partial charge in [-0.2, -0.15) is 0 Å². The van der Waals surface area contributed by atoms with Crippen molar-refractivity contribution in [2.75, 3.05) is 7.11 Å². The van der Waals surface area contributed by atoms with E-state index in [-0.39, 0.29) is 5.60 Å². The summed E-state index contributed by atoms with van der Waals surface area (Å²) in [4.78, 5) is 0. The lowest BCUT2D eigenvalue weighted by Crippen LogP contribution is -2.41. The first-order valence-corrected chi connectivity index (χ1v) is 8.49. The molecule has 0 spiro atoms. The maximum Gasteiger partial charge on any atom is 0.129 e. The van der Waals surface area contributed by atoms with Crippen LogP contribution in [0.4, 0.5) is 0 Å². The van der Waals surface area contributed by atoms with Gasteiger partial charge in [0.15, 0.2) is 0 Å². The normalized spacial score (nSPS) is 19.3. The molecule has 1 aliphatic carbocycles. The molecule has 2 nitrogen and oxygen atoms in total. The van der Waals surface area contributed by atoms with Gasteiger partial charge >= 0.3 is 0 Å². The lowest BCUT2D eigenvalue weighted by molar-refractivity contribution is -0.0410. The van der Waals surface area contributed by atoms with E-state index < -0.39 is 0 Å². The SMILES string of the molecule is CCC1(OC)Cc2ccc(C(C)C)c(OCc3ccccc3)c21. The van der Waals surface area contributed by atoms with E-state index in [1.807, 2.05) is 13.2 Å². The van der Waals surface area contributed by atoms with Crippen molar-refractivity contribution in [3.63, 3.8) is 0 Å². The molecule has 1 unspecified atom stereocenters. The first-order valence-electron chi connectivity index (χ1n) is 8.49. The Bertz CT molecular complexity index is 670. The summed E-state index contributed by atoms with van der Waals surface area (Å²) in [5, 5.41) is 0. The second kappa shape index (κ2) is 6.37. The van der Waals surface area contributed by atoms with Crippen LogP contribution in [0.5, 0.6) is 5.75 Å². The predicted molar refractivity (Wildman–Crippen MR) is 94.0 cm³/mol. The summed E-state index contributed by atoms with van der Waals surface area (Å²) in [5.41, 5.74) is 4.92. The smallest absolute Gasteiger partial charge is 0.129 e. The zero-order chi connectivity index (χ0) is 16.4. The topological polar surface area (TPSA) is 18.5 Å². The quantitative estimate of drug-likeness (QED) is 0.730. The van der Waals surface area contributed by atoms with Gasteiger partial charge in [-0.25, -0.2) is 0 Å². The standard InChI is InChI=1S/C21H26O2/c1-5-21(22-4)13-17-11-12-18(15(2)3)20(19(17)21)23-14-16-9-7-6-8-10-16/h6-12,15H,5,13-14H2,1-4H3. The van der Waals surface area contributed by atoms with Gasteiger partial charge in [-0.05, 0) is 29.0 Å². The van der Waals surface area contributed by atoms with E-state index in [9.17, 15) is 0 Å². The molecule has 2 aromatic carbocycles. The van der Waals surface area contributed by atoms with Crippen LogP contribution in [0.1, 0.15) is 55.4 Å². The number of ether oxygens (including phenoxy) is 2. The monoisotopic (exact) mass is 310 g/mol. The molecule has 122 valence electrons. The Morgan fingerprint density at radius 2 is 1.83 bits per heavy atom. The van der Waals surface area contributed by atoms with Crippen molar-refractivity contribution in [1.29, 1.82) is 0 Å². The Hall–Kier alpha value is -1.80. The minimum Gasteiger partial charge on any atom is -0.488 e. The van der Waals surface area contributed by atoms with Gasteiger partial charge in [0.2, 0.25) is 0 Å². The van der Waals surface area contributed by atoms with E-state index in [2.05, 4.69) is 57.2 Å². The third-order valence-electron chi connectivity index (χ3n) is 5.02. The Balaban J connectivity index is 1.98. The summed E-state index contributed by atoms with van der Waals surface area (Å²) < 4.78 is 12.2. The summed E-state index contributed by atoms with van der Waals surface area (Å²) in [6, 6.07) is 14.8. The van der Waals surface area contributed by atoms with Crippen LogP contribution in [0.15, 0.2) is 42.5 Å². The third kappa shape index (κ3) is 2.76.